The highest BCUT2D eigenvalue weighted by atomic mass is 15.2. The van der Waals surface area contributed by atoms with Gasteiger partial charge in [0.2, 0.25) is 11.6 Å². The summed E-state index contributed by atoms with van der Waals surface area (Å²) in [4.78, 5) is 10.5. The second kappa shape index (κ2) is 12.5. The third-order valence-corrected chi connectivity index (χ3v) is 13.0. The molecule has 0 radical (unpaired) electrons. The van der Waals surface area contributed by atoms with E-state index in [4.69, 9.17) is 9.97 Å². The quantitative estimate of drug-likeness (QED) is 0.179. The molecule has 14 rings (SSSR count). The molecule has 62 heavy (non-hydrogen) atoms. The van der Waals surface area contributed by atoms with Gasteiger partial charge in [-0.2, -0.15) is 0 Å². The number of aromatic nitrogens is 6. The maximum Gasteiger partial charge on any atom is 0.220 e. The van der Waals surface area contributed by atoms with E-state index in [1.54, 1.807) is 0 Å². The Kier molecular flexibility index (Phi) is 6.74. The zero-order valence-electron chi connectivity index (χ0n) is 33.3. The lowest BCUT2D eigenvalue weighted by Gasteiger charge is -2.23. The zero-order valence-corrected chi connectivity index (χ0v) is 33.3. The van der Waals surface area contributed by atoms with Crippen molar-refractivity contribution in [2.45, 2.75) is 0 Å². The lowest BCUT2D eigenvalue weighted by molar-refractivity contribution is 1.11. The molecule has 1 aliphatic rings. The molecule has 4 heterocycles. The summed E-state index contributed by atoms with van der Waals surface area (Å²) in [5.74, 6) is 1.78. The van der Waals surface area contributed by atoms with Crippen molar-refractivity contribution in [3.63, 3.8) is 0 Å². The van der Waals surface area contributed by atoms with Crippen molar-refractivity contribution < 1.29 is 0 Å². The first kappa shape index (κ1) is 33.4. The highest BCUT2D eigenvalue weighted by molar-refractivity contribution is 6.04. The zero-order chi connectivity index (χ0) is 40.5. The summed E-state index contributed by atoms with van der Waals surface area (Å²) in [6, 6.07) is 74.5. The van der Waals surface area contributed by atoms with E-state index in [2.05, 4.69) is 224 Å². The van der Waals surface area contributed by atoms with E-state index in [-0.39, 0.29) is 0 Å². The van der Waals surface area contributed by atoms with Crippen molar-refractivity contribution in [2.24, 2.45) is 0 Å². The van der Waals surface area contributed by atoms with E-state index in [0.717, 1.165) is 78.2 Å². The monoisotopic (exact) mass is 790 g/mol. The minimum Gasteiger partial charge on any atom is -0.278 e. The van der Waals surface area contributed by atoms with Gasteiger partial charge in [0.05, 0.1) is 44.1 Å². The number of nitrogens with zero attached hydrogens (tertiary/aromatic N) is 6. The SMILES string of the molecule is c1ccc(-n2c3ccc(-c4ccc5c(c4)n4c6ccccc6nc4n5-c4ccc5c(c4)-c4ccccc4-c4ccccc4-c4ccccc4-5)cc3n3c4ccccc4nc23)cc1. The Labute approximate surface area is 355 Å². The Bertz CT molecular complexity index is 3980. The van der Waals surface area contributed by atoms with Crippen molar-refractivity contribution in [1.82, 2.24) is 27.9 Å². The fourth-order valence-corrected chi connectivity index (χ4v) is 10.2. The number of fused-ring (bicyclic) bond motifs is 18. The molecule has 0 spiro atoms. The standard InChI is InChI=1S/C56H34N6/c1-2-14-37(15-3-1)59-51-30-26-35(32-53(51)61-49-24-12-10-22-47(49)57-55(59)61)36-27-31-52-54(33-36)62-50-25-13-11-23-48(50)58-56(62)60(52)38-28-29-45-43-20-7-6-18-41(43)39-16-4-5-17-40(39)42-19-8-9-21-44(42)46(45)34-38/h1-34H. The van der Waals surface area contributed by atoms with E-state index in [9.17, 15) is 0 Å². The molecule has 0 fully saturated rings. The normalized spacial score (nSPS) is 12.2. The predicted octanol–water partition coefficient (Wildman–Crippen LogP) is 13.8. The van der Waals surface area contributed by atoms with Crippen molar-refractivity contribution in [1.29, 1.82) is 0 Å². The fourth-order valence-electron chi connectivity index (χ4n) is 10.2. The molecule has 4 aromatic heterocycles. The molecule has 0 bridgehead atoms. The number of para-hydroxylation sites is 5. The summed E-state index contributed by atoms with van der Waals surface area (Å²) in [6.07, 6.45) is 0. The average Bonchev–Trinajstić information content (AvgIpc) is 4.07. The third-order valence-electron chi connectivity index (χ3n) is 13.0. The van der Waals surface area contributed by atoms with Crippen molar-refractivity contribution in [2.75, 3.05) is 0 Å². The van der Waals surface area contributed by atoms with Gasteiger partial charge in [-0.1, -0.05) is 133 Å². The van der Waals surface area contributed by atoms with E-state index in [1.165, 1.54) is 44.5 Å². The Morgan fingerprint density at radius 1 is 0.258 bits per heavy atom. The summed E-state index contributed by atoms with van der Waals surface area (Å²) in [5, 5.41) is 0. The average molecular weight is 791 g/mol. The summed E-state index contributed by atoms with van der Waals surface area (Å²) in [6.45, 7) is 0. The summed E-state index contributed by atoms with van der Waals surface area (Å²) >= 11 is 0. The minimum atomic E-state index is 0.880. The molecule has 0 aliphatic heterocycles. The highest BCUT2D eigenvalue weighted by Crippen LogP contribution is 2.48. The van der Waals surface area contributed by atoms with Crippen LogP contribution >= 0.6 is 0 Å². The van der Waals surface area contributed by atoms with E-state index in [1.807, 2.05) is 0 Å². The Morgan fingerprint density at radius 2 is 0.661 bits per heavy atom. The molecule has 9 aromatic carbocycles. The van der Waals surface area contributed by atoms with E-state index < -0.39 is 0 Å². The van der Waals surface area contributed by atoms with Crippen molar-refractivity contribution in [3.05, 3.63) is 206 Å². The third kappa shape index (κ3) is 4.58. The van der Waals surface area contributed by atoms with Gasteiger partial charge < -0.3 is 0 Å². The van der Waals surface area contributed by atoms with Gasteiger partial charge in [-0.15, -0.1) is 0 Å². The van der Waals surface area contributed by atoms with Crippen LogP contribution in [0.1, 0.15) is 0 Å². The molecule has 0 amide bonds. The van der Waals surface area contributed by atoms with Gasteiger partial charge in [0.25, 0.3) is 0 Å². The maximum absolute atomic E-state index is 5.33. The molecule has 0 unspecified atom stereocenters. The van der Waals surface area contributed by atoms with E-state index >= 15 is 0 Å². The van der Waals surface area contributed by atoms with Crippen LogP contribution in [0, 0.1) is 0 Å². The highest BCUT2D eigenvalue weighted by Gasteiger charge is 2.25. The molecule has 6 heteroatoms. The maximum atomic E-state index is 5.33. The van der Waals surface area contributed by atoms with Crippen molar-refractivity contribution >= 4 is 55.7 Å². The Balaban J connectivity index is 1.00. The molecule has 13 aromatic rings. The number of imidazole rings is 4. The first-order valence-electron chi connectivity index (χ1n) is 21.1. The second-order valence-corrected chi connectivity index (χ2v) is 16.3. The first-order valence-corrected chi connectivity index (χ1v) is 21.1. The fraction of sp³-hybridized carbons (Fsp3) is 0. The van der Waals surface area contributed by atoms with Crippen LogP contribution in [0.4, 0.5) is 0 Å². The van der Waals surface area contributed by atoms with Gasteiger partial charge in [0.1, 0.15) is 0 Å². The van der Waals surface area contributed by atoms with Gasteiger partial charge >= 0.3 is 0 Å². The Hall–Kier alpha value is -8.48. The predicted molar refractivity (Wildman–Crippen MR) is 253 cm³/mol. The van der Waals surface area contributed by atoms with Gasteiger partial charge in [0.15, 0.2) is 0 Å². The number of hydrogen-bond donors (Lipinski definition) is 0. The summed E-state index contributed by atoms with van der Waals surface area (Å²) in [5.41, 5.74) is 22.7. The second-order valence-electron chi connectivity index (χ2n) is 16.3. The minimum absolute atomic E-state index is 0.880. The molecule has 0 saturated heterocycles. The van der Waals surface area contributed by atoms with Gasteiger partial charge in [-0.3, -0.25) is 17.9 Å². The smallest absolute Gasteiger partial charge is 0.220 e. The molecular weight excluding hydrogens is 757 g/mol. The van der Waals surface area contributed by atoms with Crippen LogP contribution in [-0.2, 0) is 0 Å². The summed E-state index contributed by atoms with van der Waals surface area (Å²) in [7, 11) is 0. The van der Waals surface area contributed by atoms with Crippen LogP contribution in [0.2, 0.25) is 0 Å². The summed E-state index contributed by atoms with van der Waals surface area (Å²) < 4.78 is 9.23. The van der Waals surface area contributed by atoms with Gasteiger partial charge in [0, 0.05) is 11.4 Å². The molecule has 0 N–H and O–H groups in total. The molecule has 6 nitrogen and oxygen atoms in total. The number of rotatable bonds is 3. The number of hydrogen-bond acceptors (Lipinski definition) is 2. The largest absolute Gasteiger partial charge is 0.278 e. The van der Waals surface area contributed by atoms with Crippen LogP contribution in [0.3, 0.4) is 0 Å². The van der Waals surface area contributed by atoms with Gasteiger partial charge in [-0.25, -0.2) is 9.97 Å². The van der Waals surface area contributed by atoms with Crippen LogP contribution in [0.25, 0.3) is 123 Å². The van der Waals surface area contributed by atoms with Crippen LogP contribution in [0.5, 0.6) is 0 Å². The molecule has 0 atom stereocenters. The van der Waals surface area contributed by atoms with Crippen molar-refractivity contribution in [3.8, 4) is 67.0 Å². The van der Waals surface area contributed by atoms with Crippen LogP contribution < -0.4 is 0 Å². The van der Waals surface area contributed by atoms with E-state index in [0.29, 0.717) is 0 Å². The number of benzene rings is 9. The molecule has 288 valence electrons. The topological polar surface area (TPSA) is 44.5 Å². The molecular formula is C56H34N6. The Morgan fingerprint density at radius 3 is 1.16 bits per heavy atom. The van der Waals surface area contributed by atoms with Crippen LogP contribution in [-0.4, -0.2) is 27.9 Å². The molecule has 1 aliphatic carbocycles. The van der Waals surface area contributed by atoms with Crippen LogP contribution in [0.15, 0.2) is 206 Å². The molecule has 0 saturated carbocycles. The lowest BCUT2D eigenvalue weighted by atomic mass is 9.81. The first-order chi connectivity index (χ1) is 30.8. The van der Waals surface area contributed by atoms with Gasteiger partial charge in [-0.05, 0) is 128 Å². The lowest BCUT2D eigenvalue weighted by Crippen LogP contribution is -2.00.